The molecule has 0 aliphatic heterocycles. The van der Waals surface area contributed by atoms with E-state index in [1.807, 2.05) is 27.6 Å². The lowest BCUT2D eigenvalue weighted by Gasteiger charge is -2.21. The van der Waals surface area contributed by atoms with Crippen LogP contribution in [0.25, 0.3) is 5.65 Å². The molecule has 0 aliphatic rings. The summed E-state index contributed by atoms with van der Waals surface area (Å²) in [6.45, 7) is 7.91. The predicted octanol–water partition coefficient (Wildman–Crippen LogP) is 4.31. The van der Waals surface area contributed by atoms with Gasteiger partial charge in [0, 0.05) is 23.8 Å². The van der Waals surface area contributed by atoms with E-state index in [0.717, 1.165) is 60.3 Å². The molecule has 0 bridgehead atoms. The zero-order valence-corrected chi connectivity index (χ0v) is 15.2. The van der Waals surface area contributed by atoms with Gasteiger partial charge in [0.15, 0.2) is 0 Å². The first-order chi connectivity index (χ1) is 10.6. The summed E-state index contributed by atoms with van der Waals surface area (Å²) in [6, 6.07) is 3.91. The molecule has 0 radical (unpaired) electrons. The van der Waals surface area contributed by atoms with E-state index < -0.39 is 0 Å². The summed E-state index contributed by atoms with van der Waals surface area (Å²) < 4.78 is 2.88. The maximum atomic E-state index is 13.1. The monoisotopic (exact) mass is 365 g/mol. The van der Waals surface area contributed by atoms with Gasteiger partial charge in [0.25, 0.3) is 5.91 Å². The Morgan fingerprint density at radius 2 is 1.86 bits per heavy atom. The van der Waals surface area contributed by atoms with Crippen LogP contribution in [0.2, 0.25) is 0 Å². The summed E-state index contributed by atoms with van der Waals surface area (Å²) in [5, 5.41) is 0. The van der Waals surface area contributed by atoms with E-state index in [0.29, 0.717) is 0 Å². The average molecular weight is 366 g/mol. The molecule has 0 N–H and O–H groups in total. The first-order valence-electron chi connectivity index (χ1n) is 8.08. The molecular formula is C17H24BrN3O. The Morgan fingerprint density at radius 1 is 1.18 bits per heavy atom. The van der Waals surface area contributed by atoms with E-state index in [1.54, 1.807) is 0 Å². The van der Waals surface area contributed by atoms with Crippen LogP contribution in [0.1, 0.15) is 56.2 Å². The number of hydrogen-bond donors (Lipinski definition) is 0. The molecule has 2 heterocycles. The van der Waals surface area contributed by atoms with Crippen molar-refractivity contribution in [3.8, 4) is 0 Å². The number of carbonyl (C=O) groups is 1. The number of nitrogens with zero attached hydrogens (tertiary/aromatic N) is 3. The minimum Gasteiger partial charge on any atom is -0.337 e. The number of pyridine rings is 1. The summed E-state index contributed by atoms with van der Waals surface area (Å²) >= 11 is 3.49. The second-order valence-electron chi connectivity index (χ2n) is 5.52. The summed E-state index contributed by atoms with van der Waals surface area (Å²) in [4.78, 5) is 19.7. The molecule has 22 heavy (non-hydrogen) atoms. The van der Waals surface area contributed by atoms with Crippen LogP contribution in [-0.2, 0) is 6.42 Å². The van der Waals surface area contributed by atoms with Crippen molar-refractivity contribution in [1.82, 2.24) is 14.3 Å². The van der Waals surface area contributed by atoms with Crippen LogP contribution < -0.4 is 0 Å². The molecule has 2 aromatic heterocycles. The lowest BCUT2D eigenvalue weighted by Crippen LogP contribution is -2.34. The number of rotatable bonds is 7. The number of imidazole rings is 1. The van der Waals surface area contributed by atoms with Crippen molar-refractivity contribution >= 4 is 27.5 Å². The van der Waals surface area contributed by atoms with Crippen molar-refractivity contribution in [2.75, 3.05) is 13.1 Å². The van der Waals surface area contributed by atoms with Crippen LogP contribution in [0, 0.1) is 0 Å². The summed E-state index contributed by atoms with van der Waals surface area (Å²) in [7, 11) is 0. The molecule has 0 saturated heterocycles. The maximum absolute atomic E-state index is 13.1. The fourth-order valence-corrected chi connectivity index (χ4v) is 3.05. The first-order valence-corrected chi connectivity index (χ1v) is 8.87. The van der Waals surface area contributed by atoms with Crippen LogP contribution in [-0.4, -0.2) is 33.3 Å². The van der Waals surface area contributed by atoms with Crippen molar-refractivity contribution in [3.63, 3.8) is 0 Å². The Kier molecular flexibility index (Phi) is 6.00. The van der Waals surface area contributed by atoms with Crippen molar-refractivity contribution in [3.05, 3.63) is 34.2 Å². The van der Waals surface area contributed by atoms with Gasteiger partial charge in [0.1, 0.15) is 11.3 Å². The van der Waals surface area contributed by atoms with E-state index in [2.05, 4.69) is 41.7 Å². The second kappa shape index (κ2) is 7.77. The van der Waals surface area contributed by atoms with E-state index >= 15 is 0 Å². The molecule has 120 valence electrons. The van der Waals surface area contributed by atoms with Gasteiger partial charge in [-0.2, -0.15) is 0 Å². The van der Waals surface area contributed by atoms with Crippen molar-refractivity contribution in [1.29, 1.82) is 0 Å². The van der Waals surface area contributed by atoms with Crippen LogP contribution in [0.4, 0.5) is 0 Å². The van der Waals surface area contributed by atoms with Gasteiger partial charge in [-0.25, -0.2) is 4.98 Å². The number of fused-ring (bicyclic) bond motifs is 1. The fraction of sp³-hybridized carbons (Fsp3) is 0.529. The van der Waals surface area contributed by atoms with E-state index in [9.17, 15) is 4.79 Å². The van der Waals surface area contributed by atoms with Crippen LogP contribution in [0.5, 0.6) is 0 Å². The highest BCUT2D eigenvalue weighted by molar-refractivity contribution is 9.10. The number of amides is 1. The molecule has 0 aromatic carbocycles. The second-order valence-corrected chi connectivity index (χ2v) is 6.44. The van der Waals surface area contributed by atoms with Gasteiger partial charge in [-0.1, -0.05) is 27.2 Å². The molecule has 5 heteroatoms. The minimum atomic E-state index is 0.0951. The molecule has 2 aromatic rings. The average Bonchev–Trinajstić information content (AvgIpc) is 2.84. The van der Waals surface area contributed by atoms with Gasteiger partial charge < -0.3 is 4.90 Å². The molecule has 4 nitrogen and oxygen atoms in total. The Hall–Kier alpha value is -1.36. The molecule has 2 rings (SSSR count). The van der Waals surface area contributed by atoms with Gasteiger partial charge >= 0.3 is 0 Å². The molecule has 0 fully saturated rings. The Bertz CT molecular complexity index is 645. The minimum absolute atomic E-state index is 0.0951. The Balaban J connectivity index is 2.52. The maximum Gasteiger partial charge on any atom is 0.272 e. The lowest BCUT2D eigenvalue weighted by atomic mass is 10.2. The fourth-order valence-electron chi connectivity index (χ4n) is 2.71. The smallest absolute Gasteiger partial charge is 0.272 e. The van der Waals surface area contributed by atoms with E-state index in [1.165, 1.54) is 0 Å². The largest absolute Gasteiger partial charge is 0.337 e. The van der Waals surface area contributed by atoms with Crippen LogP contribution in [0.15, 0.2) is 22.8 Å². The molecule has 0 unspecified atom stereocenters. The van der Waals surface area contributed by atoms with Gasteiger partial charge in [0.2, 0.25) is 0 Å². The number of carbonyl (C=O) groups excluding carboxylic acids is 1. The van der Waals surface area contributed by atoms with Crippen LogP contribution in [0.3, 0.4) is 0 Å². The molecule has 0 aliphatic carbocycles. The van der Waals surface area contributed by atoms with Crippen molar-refractivity contribution in [2.45, 2.75) is 46.5 Å². The molecule has 0 spiro atoms. The Labute approximate surface area is 140 Å². The number of aromatic nitrogens is 2. The molecule has 1 amide bonds. The third kappa shape index (κ3) is 3.51. The highest BCUT2D eigenvalue weighted by Crippen LogP contribution is 2.20. The van der Waals surface area contributed by atoms with E-state index in [-0.39, 0.29) is 5.91 Å². The zero-order chi connectivity index (χ0) is 16.1. The quantitative estimate of drug-likeness (QED) is 0.732. The van der Waals surface area contributed by atoms with Gasteiger partial charge in [-0.15, -0.1) is 0 Å². The highest BCUT2D eigenvalue weighted by atomic mass is 79.9. The molecule has 0 atom stereocenters. The lowest BCUT2D eigenvalue weighted by molar-refractivity contribution is 0.0747. The summed E-state index contributed by atoms with van der Waals surface area (Å²) in [6.07, 6.45) is 5.68. The standard InChI is InChI=1S/C17H24BrN3O/c1-4-7-14-16(17(22)20(10-5-2)11-6-3)21-12-13(18)8-9-15(21)19-14/h8-9,12H,4-7,10-11H2,1-3H3. The first kappa shape index (κ1) is 17.0. The normalized spacial score (nSPS) is 11.1. The number of hydrogen-bond acceptors (Lipinski definition) is 2. The van der Waals surface area contributed by atoms with Gasteiger partial charge in [-0.3, -0.25) is 9.20 Å². The predicted molar refractivity (Wildman–Crippen MR) is 93.4 cm³/mol. The summed E-state index contributed by atoms with van der Waals surface area (Å²) in [5.74, 6) is 0.0951. The number of halogens is 1. The SMILES string of the molecule is CCCc1nc2ccc(Br)cn2c1C(=O)N(CCC)CCC. The zero-order valence-electron chi connectivity index (χ0n) is 13.6. The topological polar surface area (TPSA) is 37.6 Å². The number of aryl methyl sites for hydroxylation is 1. The van der Waals surface area contributed by atoms with Gasteiger partial charge in [-0.05, 0) is 47.3 Å². The molecule has 0 saturated carbocycles. The molecular weight excluding hydrogens is 342 g/mol. The Morgan fingerprint density at radius 3 is 2.45 bits per heavy atom. The summed E-state index contributed by atoms with van der Waals surface area (Å²) in [5.41, 5.74) is 2.46. The van der Waals surface area contributed by atoms with Crippen molar-refractivity contribution < 1.29 is 4.79 Å². The third-order valence-corrected chi connectivity index (χ3v) is 4.09. The van der Waals surface area contributed by atoms with Gasteiger partial charge in [0.05, 0.1) is 5.69 Å². The van der Waals surface area contributed by atoms with Crippen LogP contribution >= 0.6 is 15.9 Å². The highest BCUT2D eigenvalue weighted by Gasteiger charge is 2.23. The van der Waals surface area contributed by atoms with Crippen molar-refractivity contribution in [2.24, 2.45) is 0 Å². The van der Waals surface area contributed by atoms with E-state index in [4.69, 9.17) is 0 Å². The third-order valence-electron chi connectivity index (χ3n) is 3.62.